The molecule has 3 heteroatoms. The summed E-state index contributed by atoms with van der Waals surface area (Å²) in [6.45, 7) is 2.00. The molecule has 3 N–H and O–H groups in total. The van der Waals surface area contributed by atoms with E-state index < -0.39 is 5.97 Å². The summed E-state index contributed by atoms with van der Waals surface area (Å²) in [6, 6.07) is 3.41. The van der Waals surface area contributed by atoms with Gasteiger partial charge in [0.25, 0.3) is 0 Å². The zero-order valence-electron chi connectivity index (χ0n) is 8.08. The molecule has 3 nitrogen and oxygen atoms in total. The van der Waals surface area contributed by atoms with Gasteiger partial charge in [-0.1, -0.05) is 6.07 Å². The molecule has 74 valence electrons. The highest BCUT2D eigenvalue weighted by atomic mass is 16.4. The second-order valence-corrected chi connectivity index (χ2v) is 3.77. The van der Waals surface area contributed by atoms with Gasteiger partial charge in [0.2, 0.25) is 0 Å². The molecule has 0 aliphatic heterocycles. The van der Waals surface area contributed by atoms with Crippen LogP contribution in [-0.4, -0.2) is 11.1 Å². The maximum atomic E-state index is 11.0. The third-order valence-electron chi connectivity index (χ3n) is 2.90. The number of hydrogen-bond acceptors (Lipinski definition) is 2. The Labute approximate surface area is 82.5 Å². The van der Waals surface area contributed by atoms with E-state index in [-0.39, 0.29) is 6.04 Å². The SMILES string of the molecule is Cc1ccc(C(=O)O)c2c1CC[C@H]2N. The van der Waals surface area contributed by atoms with Crippen LogP contribution >= 0.6 is 0 Å². The van der Waals surface area contributed by atoms with Gasteiger partial charge in [0.05, 0.1) is 5.56 Å². The summed E-state index contributed by atoms with van der Waals surface area (Å²) in [5, 5.41) is 9.00. The molecule has 1 aromatic rings. The molecule has 0 saturated heterocycles. The molecule has 14 heavy (non-hydrogen) atoms. The Morgan fingerprint density at radius 3 is 2.93 bits per heavy atom. The van der Waals surface area contributed by atoms with Gasteiger partial charge in [0.1, 0.15) is 0 Å². The quantitative estimate of drug-likeness (QED) is 0.709. The highest BCUT2D eigenvalue weighted by molar-refractivity contribution is 5.90. The summed E-state index contributed by atoms with van der Waals surface area (Å²) < 4.78 is 0. The predicted octanol–water partition coefficient (Wildman–Crippen LogP) is 1.64. The molecule has 0 radical (unpaired) electrons. The van der Waals surface area contributed by atoms with Gasteiger partial charge >= 0.3 is 5.97 Å². The third-order valence-corrected chi connectivity index (χ3v) is 2.90. The molecule has 1 aromatic carbocycles. The van der Waals surface area contributed by atoms with Crippen molar-refractivity contribution in [2.24, 2.45) is 5.73 Å². The third kappa shape index (κ3) is 1.21. The number of fused-ring (bicyclic) bond motifs is 1. The van der Waals surface area contributed by atoms with Gasteiger partial charge in [0.15, 0.2) is 0 Å². The van der Waals surface area contributed by atoms with E-state index in [4.69, 9.17) is 10.8 Å². The zero-order valence-corrected chi connectivity index (χ0v) is 8.08. The Morgan fingerprint density at radius 1 is 1.57 bits per heavy atom. The van der Waals surface area contributed by atoms with E-state index in [0.717, 1.165) is 29.5 Å². The lowest BCUT2D eigenvalue weighted by atomic mass is 9.97. The average molecular weight is 191 g/mol. The first-order valence-corrected chi connectivity index (χ1v) is 4.72. The number of carboxylic acid groups (broad SMARTS) is 1. The van der Waals surface area contributed by atoms with Gasteiger partial charge in [-0.15, -0.1) is 0 Å². The van der Waals surface area contributed by atoms with E-state index in [1.54, 1.807) is 6.07 Å². The summed E-state index contributed by atoms with van der Waals surface area (Å²) >= 11 is 0. The molecule has 2 rings (SSSR count). The molecule has 0 aromatic heterocycles. The van der Waals surface area contributed by atoms with Gasteiger partial charge in [0, 0.05) is 6.04 Å². The summed E-state index contributed by atoms with van der Waals surface area (Å²) in [6.07, 6.45) is 1.77. The van der Waals surface area contributed by atoms with Crippen LogP contribution in [0.5, 0.6) is 0 Å². The van der Waals surface area contributed by atoms with Crippen LogP contribution < -0.4 is 5.73 Å². The fourth-order valence-corrected chi connectivity index (χ4v) is 2.16. The van der Waals surface area contributed by atoms with Crippen LogP contribution in [-0.2, 0) is 6.42 Å². The Bertz CT molecular complexity index is 399. The van der Waals surface area contributed by atoms with E-state index in [1.807, 2.05) is 13.0 Å². The lowest BCUT2D eigenvalue weighted by Gasteiger charge is -2.10. The van der Waals surface area contributed by atoms with Crippen molar-refractivity contribution in [3.63, 3.8) is 0 Å². The maximum Gasteiger partial charge on any atom is 0.336 e. The summed E-state index contributed by atoms with van der Waals surface area (Å²) in [5.74, 6) is -0.876. The standard InChI is InChI=1S/C11H13NO2/c1-6-2-3-8(11(13)14)10-7(6)4-5-9(10)12/h2-3,9H,4-5,12H2,1H3,(H,13,14)/t9-/m1/s1. The van der Waals surface area contributed by atoms with Crippen molar-refractivity contribution in [2.45, 2.75) is 25.8 Å². The van der Waals surface area contributed by atoms with Gasteiger partial charge < -0.3 is 10.8 Å². The zero-order chi connectivity index (χ0) is 10.3. The van der Waals surface area contributed by atoms with E-state index in [0.29, 0.717) is 5.56 Å². The highest BCUT2D eigenvalue weighted by Crippen LogP contribution is 2.34. The Balaban J connectivity index is 2.66. The van der Waals surface area contributed by atoms with Crippen LogP contribution in [0, 0.1) is 6.92 Å². The molecular weight excluding hydrogens is 178 g/mol. The van der Waals surface area contributed by atoms with E-state index in [1.165, 1.54) is 0 Å². The van der Waals surface area contributed by atoms with Gasteiger partial charge in [-0.3, -0.25) is 0 Å². The second kappa shape index (κ2) is 3.10. The maximum absolute atomic E-state index is 11.0. The topological polar surface area (TPSA) is 63.3 Å². The summed E-state index contributed by atoms with van der Waals surface area (Å²) in [4.78, 5) is 11.0. The lowest BCUT2D eigenvalue weighted by molar-refractivity contribution is 0.0695. The van der Waals surface area contributed by atoms with Crippen molar-refractivity contribution in [3.05, 3.63) is 34.4 Å². The minimum Gasteiger partial charge on any atom is -0.478 e. The van der Waals surface area contributed by atoms with Crippen LogP contribution in [0.1, 0.15) is 39.5 Å². The minimum atomic E-state index is -0.876. The molecule has 1 aliphatic carbocycles. The molecule has 1 atom stereocenters. The van der Waals surface area contributed by atoms with Gasteiger partial charge in [-0.05, 0) is 42.5 Å². The first kappa shape index (κ1) is 9.21. The fourth-order valence-electron chi connectivity index (χ4n) is 2.16. The van der Waals surface area contributed by atoms with Crippen molar-refractivity contribution in [1.82, 2.24) is 0 Å². The van der Waals surface area contributed by atoms with E-state index >= 15 is 0 Å². The molecule has 1 aliphatic rings. The van der Waals surface area contributed by atoms with Crippen molar-refractivity contribution in [1.29, 1.82) is 0 Å². The Morgan fingerprint density at radius 2 is 2.29 bits per heavy atom. The van der Waals surface area contributed by atoms with Crippen LogP contribution in [0.3, 0.4) is 0 Å². The first-order chi connectivity index (χ1) is 6.61. The summed E-state index contributed by atoms with van der Waals surface area (Å²) in [7, 11) is 0. The minimum absolute atomic E-state index is 0.101. The lowest BCUT2D eigenvalue weighted by Crippen LogP contribution is -2.11. The number of benzene rings is 1. The van der Waals surface area contributed by atoms with E-state index in [2.05, 4.69) is 0 Å². The smallest absolute Gasteiger partial charge is 0.336 e. The Hall–Kier alpha value is -1.35. The molecule has 0 heterocycles. The monoisotopic (exact) mass is 191 g/mol. The Kier molecular flexibility index (Phi) is 2.04. The number of hydrogen-bond donors (Lipinski definition) is 2. The van der Waals surface area contributed by atoms with Gasteiger partial charge in [-0.25, -0.2) is 4.79 Å². The van der Waals surface area contributed by atoms with Crippen LogP contribution in [0.25, 0.3) is 0 Å². The van der Waals surface area contributed by atoms with Crippen LogP contribution in [0.2, 0.25) is 0 Å². The first-order valence-electron chi connectivity index (χ1n) is 4.72. The highest BCUT2D eigenvalue weighted by Gasteiger charge is 2.26. The molecule has 0 fully saturated rings. The van der Waals surface area contributed by atoms with Crippen molar-refractivity contribution >= 4 is 5.97 Å². The number of aryl methyl sites for hydroxylation is 1. The fraction of sp³-hybridized carbons (Fsp3) is 0.364. The molecule has 0 saturated carbocycles. The molecule has 0 bridgehead atoms. The average Bonchev–Trinajstić information content (AvgIpc) is 2.50. The van der Waals surface area contributed by atoms with Crippen LogP contribution in [0.4, 0.5) is 0 Å². The normalized spacial score (nSPS) is 19.4. The largest absolute Gasteiger partial charge is 0.478 e. The number of carboxylic acids is 1. The van der Waals surface area contributed by atoms with Crippen molar-refractivity contribution < 1.29 is 9.90 Å². The van der Waals surface area contributed by atoms with Gasteiger partial charge in [-0.2, -0.15) is 0 Å². The number of nitrogens with two attached hydrogens (primary N) is 1. The number of rotatable bonds is 1. The number of aromatic carboxylic acids is 1. The molecule has 0 unspecified atom stereocenters. The van der Waals surface area contributed by atoms with Crippen molar-refractivity contribution in [2.75, 3.05) is 0 Å². The number of carbonyl (C=O) groups is 1. The van der Waals surface area contributed by atoms with Crippen LogP contribution in [0.15, 0.2) is 12.1 Å². The van der Waals surface area contributed by atoms with E-state index in [9.17, 15) is 4.79 Å². The summed E-state index contributed by atoms with van der Waals surface area (Å²) in [5.41, 5.74) is 9.39. The second-order valence-electron chi connectivity index (χ2n) is 3.77. The van der Waals surface area contributed by atoms with Crippen molar-refractivity contribution in [3.8, 4) is 0 Å². The predicted molar refractivity (Wildman–Crippen MR) is 53.4 cm³/mol. The molecule has 0 spiro atoms. The molecular formula is C11H13NO2. The molecule has 0 amide bonds.